The highest BCUT2D eigenvalue weighted by atomic mass is 16.5. The molecule has 0 aromatic carbocycles. The molecular weight excluding hydrogens is 308 g/mol. The summed E-state index contributed by atoms with van der Waals surface area (Å²) in [7, 11) is 0. The van der Waals surface area contributed by atoms with Gasteiger partial charge in [-0.3, -0.25) is 0 Å². The van der Waals surface area contributed by atoms with Crippen LogP contribution in [0.2, 0.25) is 0 Å². The van der Waals surface area contributed by atoms with E-state index in [1.165, 1.54) is 77.0 Å². The molecule has 0 aliphatic rings. The predicted octanol–water partition coefficient (Wildman–Crippen LogP) is 7.46. The smallest absolute Gasteiger partial charge is 0.0575 e. The van der Waals surface area contributed by atoms with Crippen molar-refractivity contribution in [2.75, 3.05) is 13.2 Å². The molecule has 0 radical (unpaired) electrons. The van der Waals surface area contributed by atoms with E-state index in [0.29, 0.717) is 12.2 Å². The summed E-state index contributed by atoms with van der Waals surface area (Å²) in [6.07, 6.45) is 20.2. The van der Waals surface area contributed by atoms with E-state index in [9.17, 15) is 0 Å². The van der Waals surface area contributed by atoms with Crippen molar-refractivity contribution in [1.82, 2.24) is 0 Å². The zero-order chi connectivity index (χ0) is 18.6. The van der Waals surface area contributed by atoms with Crippen LogP contribution in [0.3, 0.4) is 0 Å². The summed E-state index contributed by atoms with van der Waals surface area (Å²) in [6, 6.07) is 0. The van der Waals surface area contributed by atoms with E-state index in [0.717, 1.165) is 26.1 Å². The summed E-state index contributed by atoms with van der Waals surface area (Å²) in [6.45, 7) is 12.4. The van der Waals surface area contributed by atoms with Gasteiger partial charge in [0.2, 0.25) is 0 Å². The molecule has 0 rings (SSSR count). The maximum absolute atomic E-state index is 6.09. The first-order chi connectivity index (χ1) is 12.3. The molecule has 0 fully saturated rings. The molecule has 2 nitrogen and oxygen atoms in total. The third-order valence-corrected chi connectivity index (χ3v) is 4.89. The van der Waals surface area contributed by atoms with E-state index in [-0.39, 0.29) is 0 Å². The van der Waals surface area contributed by atoms with Crippen LogP contribution in [-0.4, -0.2) is 25.4 Å². The van der Waals surface area contributed by atoms with Gasteiger partial charge in [-0.2, -0.15) is 0 Å². The van der Waals surface area contributed by atoms with Crippen LogP contribution >= 0.6 is 0 Å². The zero-order valence-corrected chi connectivity index (χ0v) is 17.6. The number of ether oxygens (including phenoxy) is 2. The Morgan fingerprint density at radius 2 is 1.20 bits per heavy atom. The molecule has 2 unspecified atom stereocenters. The van der Waals surface area contributed by atoms with Gasteiger partial charge in [-0.25, -0.2) is 0 Å². The highest BCUT2D eigenvalue weighted by molar-refractivity contribution is 4.68. The first-order valence-corrected chi connectivity index (χ1v) is 11.1. The Bertz CT molecular complexity index is 265. The van der Waals surface area contributed by atoms with Gasteiger partial charge in [0.05, 0.1) is 12.2 Å². The highest BCUT2D eigenvalue weighted by Gasteiger charge is 2.09. The SMILES string of the molecule is C=CCCCC(CCCCCCC(CC)OCCCC)OCCCC. The van der Waals surface area contributed by atoms with Crippen LogP contribution in [0, 0.1) is 0 Å². The average molecular weight is 355 g/mol. The third-order valence-electron chi connectivity index (χ3n) is 4.89. The number of unbranched alkanes of at least 4 members (excludes halogenated alkanes) is 6. The third kappa shape index (κ3) is 16.9. The number of hydrogen-bond donors (Lipinski definition) is 0. The van der Waals surface area contributed by atoms with Crippen LogP contribution in [0.15, 0.2) is 12.7 Å². The lowest BCUT2D eigenvalue weighted by Gasteiger charge is -2.18. The molecule has 0 heterocycles. The lowest BCUT2D eigenvalue weighted by atomic mass is 10.0. The average Bonchev–Trinajstić information content (AvgIpc) is 2.62. The highest BCUT2D eigenvalue weighted by Crippen LogP contribution is 2.17. The van der Waals surface area contributed by atoms with Crippen molar-refractivity contribution >= 4 is 0 Å². The van der Waals surface area contributed by atoms with Gasteiger partial charge in [0.25, 0.3) is 0 Å². The molecule has 0 aliphatic heterocycles. The Morgan fingerprint density at radius 3 is 1.72 bits per heavy atom. The van der Waals surface area contributed by atoms with Gasteiger partial charge in [-0.15, -0.1) is 6.58 Å². The van der Waals surface area contributed by atoms with Crippen molar-refractivity contribution in [3.63, 3.8) is 0 Å². The summed E-state index contributed by atoms with van der Waals surface area (Å²) in [5.41, 5.74) is 0. The molecule has 2 atom stereocenters. The topological polar surface area (TPSA) is 18.5 Å². The summed E-state index contributed by atoms with van der Waals surface area (Å²) >= 11 is 0. The normalized spacial score (nSPS) is 13.7. The molecule has 2 heteroatoms. The maximum atomic E-state index is 6.09. The van der Waals surface area contributed by atoms with Crippen molar-refractivity contribution < 1.29 is 9.47 Å². The van der Waals surface area contributed by atoms with E-state index in [2.05, 4.69) is 27.4 Å². The van der Waals surface area contributed by atoms with E-state index < -0.39 is 0 Å². The summed E-state index contributed by atoms with van der Waals surface area (Å²) in [5.74, 6) is 0. The van der Waals surface area contributed by atoms with Crippen LogP contribution in [0.5, 0.6) is 0 Å². The number of rotatable bonds is 20. The standard InChI is InChI=1S/C23H46O2/c1-5-9-14-18-23(25-21-11-7-3)19-16-13-12-15-17-22(8-4)24-20-10-6-2/h5,22-23H,1,6-21H2,2-4H3. The second-order valence-electron chi connectivity index (χ2n) is 7.31. The number of allylic oxidation sites excluding steroid dienone is 1. The van der Waals surface area contributed by atoms with Crippen molar-refractivity contribution in [1.29, 1.82) is 0 Å². The van der Waals surface area contributed by atoms with Crippen LogP contribution in [0.1, 0.15) is 111 Å². The van der Waals surface area contributed by atoms with Gasteiger partial charge in [0, 0.05) is 13.2 Å². The maximum Gasteiger partial charge on any atom is 0.0575 e. The van der Waals surface area contributed by atoms with Crippen LogP contribution in [0.4, 0.5) is 0 Å². The minimum Gasteiger partial charge on any atom is -0.378 e. The molecule has 0 amide bonds. The Kier molecular flexibility index (Phi) is 19.7. The summed E-state index contributed by atoms with van der Waals surface area (Å²) < 4.78 is 12.1. The van der Waals surface area contributed by atoms with E-state index in [4.69, 9.17) is 9.47 Å². The van der Waals surface area contributed by atoms with Gasteiger partial charge in [0.1, 0.15) is 0 Å². The van der Waals surface area contributed by atoms with E-state index >= 15 is 0 Å². The largest absolute Gasteiger partial charge is 0.378 e. The molecule has 0 aliphatic carbocycles. The monoisotopic (exact) mass is 354 g/mol. The van der Waals surface area contributed by atoms with Crippen molar-refractivity contribution in [2.24, 2.45) is 0 Å². The van der Waals surface area contributed by atoms with Crippen molar-refractivity contribution in [2.45, 2.75) is 123 Å². The molecule has 0 N–H and O–H groups in total. The van der Waals surface area contributed by atoms with Gasteiger partial charge < -0.3 is 9.47 Å². The molecule has 0 aromatic heterocycles. The van der Waals surface area contributed by atoms with E-state index in [1.807, 2.05) is 6.08 Å². The fourth-order valence-electron chi connectivity index (χ4n) is 3.09. The molecule has 0 spiro atoms. The Labute approximate surface area is 158 Å². The molecule has 0 saturated heterocycles. The van der Waals surface area contributed by atoms with Crippen molar-refractivity contribution in [3.8, 4) is 0 Å². The summed E-state index contributed by atoms with van der Waals surface area (Å²) in [5, 5.41) is 0. The first kappa shape index (κ1) is 24.7. The Hall–Kier alpha value is -0.340. The van der Waals surface area contributed by atoms with Gasteiger partial charge in [0.15, 0.2) is 0 Å². The summed E-state index contributed by atoms with van der Waals surface area (Å²) in [4.78, 5) is 0. The quantitative estimate of drug-likeness (QED) is 0.167. The Morgan fingerprint density at radius 1 is 0.680 bits per heavy atom. The zero-order valence-electron chi connectivity index (χ0n) is 17.6. The van der Waals surface area contributed by atoms with Gasteiger partial charge in [-0.05, 0) is 51.4 Å². The first-order valence-electron chi connectivity index (χ1n) is 11.1. The predicted molar refractivity (Wildman–Crippen MR) is 111 cm³/mol. The lowest BCUT2D eigenvalue weighted by Crippen LogP contribution is -2.14. The second-order valence-corrected chi connectivity index (χ2v) is 7.31. The second kappa shape index (κ2) is 20.0. The van der Waals surface area contributed by atoms with Crippen LogP contribution in [-0.2, 0) is 9.47 Å². The molecule has 0 aromatic rings. The molecule has 0 bridgehead atoms. The molecule has 0 saturated carbocycles. The fourth-order valence-corrected chi connectivity index (χ4v) is 3.09. The van der Waals surface area contributed by atoms with Gasteiger partial charge in [-0.1, -0.05) is 65.4 Å². The lowest BCUT2D eigenvalue weighted by molar-refractivity contribution is 0.0358. The fraction of sp³-hybridized carbons (Fsp3) is 0.913. The molecule has 150 valence electrons. The van der Waals surface area contributed by atoms with Gasteiger partial charge >= 0.3 is 0 Å². The van der Waals surface area contributed by atoms with Crippen LogP contribution < -0.4 is 0 Å². The number of hydrogen-bond acceptors (Lipinski definition) is 2. The molecular formula is C23H46O2. The van der Waals surface area contributed by atoms with E-state index in [1.54, 1.807) is 0 Å². The Balaban J connectivity index is 3.74. The minimum atomic E-state index is 0.465. The molecule has 25 heavy (non-hydrogen) atoms. The minimum absolute atomic E-state index is 0.465. The van der Waals surface area contributed by atoms with Crippen molar-refractivity contribution in [3.05, 3.63) is 12.7 Å². The van der Waals surface area contributed by atoms with Crippen LogP contribution in [0.25, 0.3) is 0 Å².